The third-order valence-electron chi connectivity index (χ3n) is 5.16. The Morgan fingerprint density at radius 2 is 2.10 bits per heavy atom. The third-order valence-corrected chi connectivity index (χ3v) is 5.76. The molecule has 0 spiro atoms. The molecule has 0 radical (unpaired) electrons. The molecule has 2 aliphatic rings. The van der Waals surface area contributed by atoms with E-state index in [0.29, 0.717) is 42.1 Å². The van der Waals surface area contributed by atoms with Crippen LogP contribution >= 0.6 is 23.2 Å². The molecule has 3 rings (SSSR count). The highest BCUT2D eigenvalue weighted by Gasteiger charge is 2.29. The molecule has 2 aliphatic heterocycles. The van der Waals surface area contributed by atoms with E-state index in [-0.39, 0.29) is 35.9 Å². The van der Waals surface area contributed by atoms with Crippen LogP contribution in [0, 0.1) is 22.1 Å². The molecule has 0 aromatic heterocycles. The van der Waals surface area contributed by atoms with E-state index in [1.807, 2.05) is 6.07 Å². The summed E-state index contributed by atoms with van der Waals surface area (Å²) in [6.07, 6.45) is 0.971. The molecule has 0 bridgehead atoms. The fourth-order valence-electron chi connectivity index (χ4n) is 3.48. The maximum atomic E-state index is 8.28. The lowest BCUT2D eigenvalue weighted by Gasteiger charge is -2.34. The fraction of sp³-hybridized carbons (Fsp3) is 0.474. The Bertz CT molecular complexity index is 836. The summed E-state index contributed by atoms with van der Waals surface area (Å²) < 4.78 is 5.33. The Morgan fingerprint density at radius 3 is 2.83 bits per heavy atom. The SMILES string of the molecule is N=C(CC1C(N)=NCCN1Cc1cc(Cl)ccc1Cl)C(=N)OC(=N)C1CCNC1. The van der Waals surface area contributed by atoms with Gasteiger partial charge in [-0.05, 0) is 36.7 Å². The van der Waals surface area contributed by atoms with Crippen molar-refractivity contribution < 1.29 is 4.74 Å². The number of nitrogens with one attached hydrogen (secondary N) is 4. The maximum Gasteiger partial charge on any atom is 0.234 e. The Morgan fingerprint density at radius 1 is 1.31 bits per heavy atom. The van der Waals surface area contributed by atoms with Crippen molar-refractivity contribution in [2.45, 2.75) is 25.4 Å². The molecule has 0 saturated carbocycles. The molecule has 29 heavy (non-hydrogen) atoms. The van der Waals surface area contributed by atoms with Crippen LogP contribution in [-0.4, -0.2) is 60.5 Å². The van der Waals surface area contributed by atoms with E-state index in [1.165, 1.54) is 0 Å². The maximum absolute atomic E-state index is 8.28. The Hall–Kier alpha value is -2.00. The zero-order chi connectivity index (χ0) is 21.0. The monoisotopic (exact) mass is 437 g/mol. The lowest BCUT2D eigenvalue weighted by atomic mass is 10.0. The zero-order valence-electron chi connectivity index (χ0n) is 16.0. The van der Waals surface area contributed by atoms with Crippen molar-refractivity contribution in [3.05, 3.63) is 33.8 Å². The quantitative estimate of drug-likeness (QED) is 0.345. The van der Waals surface area contributed by atoms with Gasteiger partial charge in [0.2, 0.25) is 5.90 Å². The normalized spacial score (nSPS) is 22.2. The highest BCUT2D eigenvalue weighted by Crippen LogP contribution is 2.24. The number of rotatable bonds is 6. The van der Waals surface area contributed by atoms with Gasteiger partial charge in [-0.15, -0.1) is 0 Å². The Balaban J connectivity index is 1.65. The molecule has 1 saturated heterocycles. The van der Waals surface area contributed by atoms with Crippen molar-refractivity contribution in [2.24, 2.45) is 16.6 Å². The summed E-state index contributed by atoms with van der Waals surface area (Å²) in [5, 5.41) is 28.7. The first-order valence-electron chi connectivity index (χ1n) is 9.46. The van der Waals surface area contributed by atoms with Crippen LogP contribution in [0.4, 0.5) is 0 Å². The summed E-state index contributed by atoms with van der Waals surface area (Å²) in [7, 11) is 0. The highest BCUT2D eigenvalue weighted by molar-refractivity contribution is 6.38. The third kappa shape index (κ3) is 5.54. The number of aliphatic imine (C=N–C) groups is 1. The van der Waals surface area contributed by atoms with E-state index in [1.54, 1.807) is 12.1 Å². The smallest absolute Gasteiger partial charge is 0.234 e. The zero-order valence-corrected chi connectivity index (χ0v) is 17.5. The number of halogens is 2. The van der Waals surface area contributed by atoms with Crippen molar-refractivity contribution in [3.63, 3.8) is 0 Å². The topological polar surface area (TPSA) is 134 Å². The van der Waals surface area contributed by atoms with E-state index >= 15 is 0 Å². The summed E-state index contributed by atoms with van der Waals surface area (Å²) in [6.45, 7) is 3.21. The van der Waals surface area contributed by atoms with Gasteiger partial charge in [-0.25, -0.2) is 0 Å². The largest absolute Gasteiger partial charge is 0.424 e. The molecular formula is C19H25Cl2N7O. The van der Waals surface area contributed by atoms with E-state index in [2.05, 4.69) is 15.2 Å². The van der Waals surface area contributed by atoms with Crippen LogP contribution in [-0.2, 0) is 11.3 Å². The molecule has 1 aromatic rings. The minimum atomic E-state index is -0.349. The number of ether oxygens (including phenoxy) is 1. The van der Waals surface area contributed by atoms with Crippen LogP contribution in [0.1, 0.15) is 18.4 Å². The Kier molecular flexibility index (Phi) is 7.23. The van der Waals surface area contributed by atoms with Gasteiger partial charge in [0, 0.05) is 42.0 Å². The second-order valence-corrected chi connectivity index (χ2v) is 8.04. The molecule has 156 valence electrons. The van der Waals surface area contributed by atoms with Gasteiger partial charge in [0.05, 0.1) is 18.3 Å². The van der Waals surface area contributed by atoms with Gasteiger partial charge in [0.15, 0.2) is 5.90 Å². The van der Waals surface area contributed by atoms with Gasteiger partial charge in [-0.2, -0.15) is 0 Å². The molecule has 1 aromatic carbocycles. The van der Waals surface area contributed by atoms with Crippen molar-refractivity contribution in [3.8, 4) is 0 Å². The van der Waals surface area contributed by atoms with Gasteiger partial charge in [0.1, 0.15) is 5.84 Å². The number of hydrogen-bond donors (Lipinski definition) is 5. The molecule has 2 heterocycles. The first kappa shape index (κ1) is 21.7. The van der Waals surface area contributed by atoms with Gasteiger partial charge in [-0.1, -0.05) is 23.2 Å². The average Bonchev–Trinajstić information content (AvgIpc) is 3.22. The van der Waals surface area contributed by atoms with Crippen molar-refractivity contribution >= 4 is 46.5 Å². The van der Waals surface area contributed by atoms with Crippen molar-refractivity contribution in [2.75, 3.05) is 26.2 Å². The lowest BCUT2D eigenvalue weighted by molar-refractivity contribution is 0.232. The summed E-state index contributed by atoms with van der Waals surface area (Å²) in [4.78, 5) is 6.39. The van der Waals surface area contributed by atoms with Crippen LogP contribution in [0.3, 0.4) is 0 Å². The second kappa shape index (κ2) is 9.67. The summed E-state index contributed by atoms with van der Waals surface area (Å²) in [6, 6.07) is 4.96. The van der Waals surface area contributed by atoms with Crippen LogP contribution in [0.25, 0.3) is 0 Å². The molecule has 10 heteroatoms. The van der Waals surface area contributed by atoms with Gasteiger partial charge in [-0.3, -0.25) is 26.1 Å². The molecule has 2 atom stereocenters. The Labute approximate surface area is 179 Å². The van der Waals surface area contributed by atoms with Crippen molar-refractivity contribution in [1.29, 1.82) is 16.2 Å². The number of nitrogens with two attached hydrogens (primary N) is 1. The predicted octanol–water partition coefficient (Wildman–Crippen LogP) is 2.53. The number of benzene rings is 1. The molecule has 8 nitrogen and oxygen atoms in total. The van der Waals surface area contributed by atoms with Crippen LogP contribution in [0.5, 0.6) is 0 Å². The van der Waals surface area contributed by atoms with E-state index < -0.39 is 0 Å². The van der Waals surface area contributed by atoms with Crippen LogP contribution in [0.2, 0.25) is 10.0 Å². The van der Waals surface area contributed by atoms with Gasteiger partial charge < -0.3 is 15.8 Å². The summed E-state index contributed by atoms with van der Waals surface area (Å²) in [5.74, 6) is 0.0755. The van der Waals surface area contributed by atoms with Crippen LogP contribution < -0.4 is 11.1 Å². The van der Waals surface area contributed by atoms with E-state index in [4.69, 9.17) is 49.9 Å². The van der Waals surface area contributed by atoms with E-state index in [0.717, 1.165) is 18.5 Å². The van der Waals surface area contributed by atoms with Gasteiger partial charge in [0.25, 0.3) is 0 Å². The molecule has 0 amide bonds. The molecule has 0 aliphatic carbocycles. The second-order valence-electron chi connectivity index (χ2n) is 7.20. The van der Waals surface area contributed by atoms with E-state index in [9.17, 15) is 0 Å². The minimum absolute atomic E-state index is 0.0204. The number of amidine groups is 1. The van der Waals surface area contributed by atoms with Gasteiger partial charge >= 0.3 is 0 Å². The fourth-order valence-corrected chi connectivity index (χ4v) is 3.85. The highest BCUT2D eigenvalue weighted by atomic mass is 35.5. The molecule has 6 N–H and O–H groups in total. The predicted molar refractivity (Wildman–Crippen MR) is 117 cm³/mol. The summed E-state index contributed by atoms with van der Waals surface area (Å²) >= 11 is 12.4. The number of nitrogens with zero attached hydrogens (tertiary/aromatic N) is 2. The molecule has 1 fully saturated rings. The van der Waals surface area contributed by atoms with Crippen molar-refractivity contribution in [1.82, 2.24) is 10.2 Å². The summed E-state index contributed by atoms with van der Waals surface area (Å²) in [5.41, 5.74) is 6.98. The molecule has 2 unspecified atom stereocenters. The van der Waals surface area contributed by atoms with Crippen LogP contribution in [0.15, 0.2) is 23.2 Å². The molecular weight excluding hydrogens is 413 g/mol. The average molecular weight is 438 g/mol. The number of hydrogen-bond acceptors (Lipinski definition) is 8. The first-order chi connectivity index (χ1) is 13.8. The first-order valence-corrected chi connectivity index (χ1v) is 10.2. The minimum Gasteiger partial charge on any atom is -0.424 e. The lowest BCUT2D eigenvalue weighted by Crippen LogP contribution is -2.50. The standard InChI is InChI=1S/C19H25Cl2N7O/c20-13-1-2-14(21)12(7-13)10-28-6-5-27-17(23)16(28)8-15(22)19(25)29-18(24)11-3-4-26-9-11/h1-2,7,11,16,22,24-26H,3-6,8-10H2,(H2,23,27).